The topological polar surface area (TPSA) is 99.1 Å². The van der Waals surface area contributed by atoms with Crippen LogP contribution in [0.1, 0.15) is 138 Å². The summed E-state index contributed by atoms with van der Waals surface area (Å²) in [5.41, 5.74) is 0.967. The molecule has 264 valence electrons. The highest BCUT2D eigenvalue weighted by Gasteiger charge is 2.69. The number of allylic oxidation sites excluding steroid dienone is 2. The number of aliphatic hydroxyl groups is 1. The van der Waals surface area contributed by atoms with Crippen molar-refractivity contribution in [3.8, 4) is 0 Å². The summed E-state index contributed by atoms with van der Waals surface area (Å²) in [4.78, 5) is 39.1. The highest BCUT2D eigenvalue weighted by Crippen LogP contribution is 2.75. The van der Waals surface area contributed by atoms with Crippen LogP contribution in [0.2, 0.25) is 0 Å². The Morgan fingerprint density at radius 2 is 1.49 bits per heavy atom. The van der Waals surface area contributed by atoms with Gasteiger partial charge in [0.15, 0.2) is 13.2 Å². The maximum absolute atomic E-state index is 14.2. The number of carbonyl (C=O) groups is 3. The molecule has 0 saturated heterocycles. The van der Waals surface area contributed by atoms with Crippen molar-refractivity contribution in [2.45, 2.75) is 151 Å². The van der Waals surface area contributed by atoms with Crippen LogP contribution >= 0.6 is 0 Å². The highest BCUT2D eigenvalue weighted by atomic mass is 16.6. The Morgan fingerprint density at radius 3 is 2.21 bits per heavy atom. The molecule has 1 N–H and O–H groups in total. The zero-order valence-corrected chi connectivity index (χ0v) is 30.3. The first-order valence-electron chi connectivity index (χ1n) is 19.0. The lowest BCUT2D eigenvalue weighted by Gasteiger charge is -2.71. The third-order valence-electron chi connectivity index (χ3n) is 15.9. The summed E-state index contributed by atoms with van der Waals surface area (Å²) in [5, 5.41) is 11.0. The predicted octanol–water partition coefficient (Wildman–Crippen LogP) is 7.97. The van der Waals surface area contributed by atoms with E-state index in [1.165, 1.54) is 5.57 Å². The molecule has 0 aliphatic heterocycles. The average molecular weight is 655 g/mol. The van der Waals surface area contributed by atoms with E-state index in [-0.39, 0.29) is 45.8 Å². The second-order valence-electron chi connectivity index (χ2n) is 18.2. The van der Waals surface area contributed by atoms with E-state index in [0.29, 0.717) is 23.7 Å². The van der Waals surface area contributed by atoms with Crippen LogP contribution in [0.4, 0.5) is 0 Å². The minimum absolute atomic E-state index is 0.0263. The number of carbonyl (C=O) groups excluding carboxylic acids is 3. The summed E-state index contributed by atoms with van der Waals surface area (Å²) < 4.78 is 16.5. The smallest absolute Gasteiger partial charge is 0.344 e. The lowest BCUT2D eigenvalue weighted by atomic mass is 9.33. The van der Waals surface area contributed by atoms with E-state index in [9.17, 15) is 19.5 Å². The van der Waals surface area contributed by atoms with E-state index in [1.54, 1.807) is 0 Å². The molecule has 0 radical (unpaired) electrons. The van der Waals surface area contributed by atoms with E-state index >= 15 is 0 Å². The van der Waals surface area contributed by atoms with Crippen LogP contribution in [0.3, 0.4) is 0 Å². The zero-order valence-electron chi connectivity index (χ0n) is 30.3. The van der Waals surface area contributed by atoms with E-state index in [1.807, 2.05) is 0 Å². The molecule has 0 bridgehead atoms. The normalized spacial score (nSPS) is 44.4. The summed E-state index contributed by atoms with van der Waals surface area (Å²) in [6.45, 7) is 15.9. The van der Waals surface area contributed by atoms with Crippen LogP contribution in [0, 0.1) is 56.7 Å². The third kappa shape index (κ3) is 5.51. The van der Waals surface area contributed by atoms with Gasteiger partial charge in [-0.15, -0.1) is 0 Å². The molecule has 7 nitrogen and oxygen atoms in total. The highest BCUT2D eigenvalue weighted by molar-refractivity contribution is 5.83. The second-order valence-corrected chi connectivity index (χ2v) is 18.2. The summed E-state index contributed by atoms with van der Waals surface area (Å²) in [5.74, 6) is 0.388. The van der Waals surface area contributed by atoms with Gasteiger partial charge in [-0.05, 0) is 135 Å². The SMILES string of the molecule is C[C@H]1[C@H](C)CC[C@]2(C(=O)OCC(=O)OCC(=O)OC3CCCCC3)CC[C@]3(C)C(=CC[C@@H]4[C@@]5(C)CC[C@H](O)C(C)(C)[C@@H]5CC[C@]43C)[C@H]12. The second kappa shape index (κ2) is 12.5. The Balaban J connectivity index is 1.19. The quantitative estimate of drug-likeness (QED) is 0.176. The van der Waals surface area contributed by atoms with Crippen molar-refractivity contribution < 1.29 is 33.7 Å². The van der Waals surface area contributed by atoms with E-state index < -0.39 is 30.6 Å². The lowest BCUT2D eigenvalue weighted by Crippen LogP contribution is -2.65. The Morgan fingerprint density at radius 1 is 0.787 bits per heavy atom. The molecule has 0 aromatic rings. The predicted molar refractivity (Wildman–Crippen MR) is 180 cm³/mol. The minimum atomic E-state index is -0.706. The van der Waals surface area contributed by atoms with Crippen molar-refractivity contribution in [3.05, 3.63) is 11.6 Å². The summed E-state index contributed by atoms with van der Waals surface area (Å²) in [6, 6.07) is 0. The molecule has 0 spiro atoms. The molecule has 47 heavy (non-hydrogen) atoms. The Hall–Kier alpha value is -1.89. The van der Waals surface area contributed by atoms with Gasteiger partial charge >= 0.3 is 17.9 Å². The molecule has 5 fully saturated rings. The fourth-order valence-corrected chi connectivity index (χ4v) is 12.7. The van der Waals surface area contributed by atoms with Crippen molar-refractivity contribution >= 4 is 17.9 Å². The van der Waals surface area contributed by atoms with Crippen LogP contribution in [0.5, 0.6) is 0 Å². The Bertz CT molecular complexity index is 1260. The van der Waals surface area contributed by atoms with Crippen LogP contribution in [0.15, 0.2) is 11.6 Å². The van der Waals surface area contributed by atoms with Crippen LogP contribution in [0.25, 0.3) is 0 Å². The molecule has 5 saturated carbocycles. The van der Waals surface area contributed by atoms with Crippen LogP contribution in [-0.4, -0.2) is 48.4 Å². The molecule has 0 amide bonds. The number of hydrogen-bond acceptors (Lipinski definition) is 7. The molecule has 7 heteroatoms. The number of esters is 3. The lowest BCUT2D eigenvalue weighted by molar-refractivity contribution is -0.207. The molecule has 0 unspecified atom stereocenters. The van der Waals surface area contributed by atoms with E-state index in [4.69, 9.17) is 14.2 Å². The Labute approximate surface area is 283 Å². The van der Waals surface area contributed by atoms with Gasteiger partial charge in [-0.2, -0.15) is 0 Å². The molecule has 0 aromatic heterocycles. The van der Waals surface area contributed by atoms with Gasteiger partial charge in [-0.3, -0.25) is 4.79 Å². The van der Waals surface area contributed by atoms with E-state index in [2.05, 4.69) is 54.5 Å². The largest absolute Gasteiger partial charge is 0.460 e. The number of aliphatic hydroxyl groups excluding tert-OH is 1. The standard InChI is InChI=1S/C40H62O7/c1-25-15-20-40(35(44)46-23-32(42)45-24-33(43)47-27-11-9-8-10-12-27)22-21-38(6)28(34(40)26(25)2)13-14-30-37(5)18-17-31(41)36(3,4)29(37)16-19-39(30,38)7/h13,25-27,29-31,34,41H,8-12,14-24H2,1-7H3/t25-,26+,29+,30-,31+,34+,37+,38-,39-,40+/m1/s1. The minimum Gasteiger partial charge on any atom is -0.460 e. The first-order chi connectivity index (χ1) is 22.1. The first-order valence-corrected chi connectivity index (χ1v) is 19.0. The number of rotatable bonds is 6. The fraction of sp³-hybridized carbons (Fsp3) is 0.875. The number of hydrogen-bond donors (Lipinski definition) is 1. The molecule has 6 aliphatic carbocycles. The van der Waals surface area contributed by atoms with Crippen molar-refractivity contribution in [2.75, 3.05) is 13.2 Å². The van der Waals surface area contributed by atoms with Crippen molar-refractivity contribution in [3.63, 3.8) is 0 Å². The van der Waals surface area contributed by atoms with Gasteiger partial charge in [0.2, 0.25) is 0 Å². The first kappa shape index (κ1) is 35.0. The van der Waals surface area contributed by atoms with Gasteiger partial charge in [-0.1, -0.05) is 66.5 Å². The van der Waals surface area contributed by atoms with Crippen LogP contribution < -0.4 is 0 Å². The molecule has 6 aliphatic rings. The summed E-state index contributed by atoms with van der Waals surface area (Å²) in [6.07, 6.45) is 15.9. The van der Waals surface area contributed by atoms with E-state index in [0.717, 1.165) is 89.9 Å². The summed E-state index contributed by atoms with van der Waals surface area (Å²) >= 11 is 0. The molecule has 6 rings (SSSR count). The number of fused-ring (bicyclic) bond motifs is 7. The molecule has 10 atom stereocenters. The summed E-state index contributed by atoms with van der Waals surface area (Å²) in [7, 11) is 0. The molecule has 0 aromatic carbocycles. The van der Waals surface area contributed by atoms with Gasteiger partial charge in [0.05, 0.1) is 11.5 Å². The molecule has 0 heterocycles. The maximum atomic E-state index is 14.2. The maximum Gasteiger partial charge on any atom is 0.344 e. The van der Waals surface area contributed by atoms with Gasteiger partial charge in [0.1, 0.15) is 6.10 Å². The molecular formula is C40H62O7. The Kier molecular flexibility index (Phi) is 9.27. The number of ether oxygens (including phenoxy) is 3. The van der Waals surface area contributed by atoms with Gasteiger partial charge in [0, 0.05) is 0 Å². The van der Waals surface area contributed by atoms with Gasteiger partial charge in [0.25, 0.3) is 0 Å². The van der Waals surface area contributed by atoms with Crippen LogP contribution in [-0.2, 0) is 28.6 Å². The van der Waals surface area contributed by atoms with Crippen molar-refractivity contribution in [1.29, 1.82) is 0 Å². The third-order valence-corrected chi connectivity index (χ3v) is 15.9. The van der Waals surface area contributed by atoms with Crippen molar-refractivity contribution in [1.82, 2.24) is 0 Å². The fourth-order valence-electron chi connectivity index (χ4n) is 12.7. The van der Waals surface area contributed by atoms with Gasteiger partial charge in [-0.25, -0.2) is 9.59 Å². The van der Waals surface area contributed by atoms with Gasteiger partial charge < -0.3 is 19.3 Å². The average Bonchev–Trinajstić information content (AvgIpc) is 3.03. The monoisotopic (exact) mass is 654 g/mol. The zero-order chi connectivity index (χ0) is 34.0. The molecular weight excluding hydrogens is 592 g/mol. The van der Waals surface area contributed by atoms with Crippen molar-refractivity contribution in [2.24, 2.45) is 56.7 Å².